The first-order chi connectivity index (χ1) is 10.4. The molecule has 1 aromatic carbocycles. The van der Waals surface area contributed by atoms with Gasteiger partial charge in [-0.05, 0) is 30.5 Å². The second kappa shape index (κ2) is 6.79. The van der Waals surface area contributed by atoms with Crippen molar-refractivity contribution in [3.05, 3.63) is 29.3 Å². The lowest BCUT2D eigenvalue weighted by molar-refractivity contribution is -0.139. The molecule has 1 aromatic rings. The number of carboxylic acid groups (broad SMARTS) is 1. The Morgan fingerprint density at radius 3 is 2.82 bits per heavy atom. The van der Waals surface area contributed by atoms with Crippen molar-refractivity contribution < 1.29 is 24.2 Å². The van der Waals surface area contributed by atoms with Crippen LogP contribution in [0.15, 0.2) is 18.2 Å². The molecule has 6 heteroatoms. The van der Waals surface area contributed by atoms with Crippen LogP contribution < -0.4 is 10.1 Å². The maximum Gasteiger partial charge on any atom is 0.305 e. The molecule has 0 bridgehead atoms. The minimum atomic E-state index is -0.942. The maximum atomic E-state index is 12.2. The lowest BCUT2D eigenvalue weighted by Crippen LogP contribution is -2.51. The second-order valence-corrected chi connectivity index (χ2v) is 5.68. The number of hydrogen-bond donors (Lipinski definition) is 2. The number of carbonyl (C=O) groups is 2. The topological polar surface area (TPSA) is 84.9 Å². The van der Waals surface area contributed by atoms with Gasteiger partial charge in [0.15, 0.2) is 0 Å². The molecule has 1 fully saturated rings. The fourth-order valence-corrected chi connectivity index (χ4v) is 2.68. The van der Waals surface area contributed by atoms with Crippen LogP contribution in [0.2, 0.25) is 0 Å². The molecular weight excluding hydrogens is 286 g/mol. The van der Waals surface area contributed by atoms with E-state index < -0.39 is 11.5 Å². The normalized spacial score (nSPS) is 20.6. The molecule has 0 aliphatic carbocycles. The van der Waals surface area contributed by atoms with Gasteiger partial charge in [-0.15, -0.1) is 0 Å². The monoisotopic (exact) mass is 307 g/mol. The van der Waals surface area contributed by atoms with E-state index in [4.69, 9.17) is 14.6 Å². The van der Waals surface area contributed by atoms with Crippen LogP contribution in [0.25, 0.3) is 0 Å². The largest absolute Gasteiger partial charge is 0.496 e. The van der Waals surface area contributed by atoms with Gasteiger partial charge < -0.3 is 19.9 Å². The number of carbonyl (C=O) groups excluding carboxylic acids is 1. The second-order valence-electron chi connectivity index (χ2n) is 5.68. The molecule has 0 aromatic heterocycles. The van der Waals surface area contributed by atoms with Crippen molar-refractivity contribution in [3.63, 3.8) is 0 Å². The first kappa shape index (κ1) is 16.3. The van der Waals surface area contributed by atoms with Crippen LogP contribution in [-0.4, -0.2) is 42.8 Å². The van der Waals surface area contributed by atoms with E-state index in [9.17, 15) is 9.59 Å². The minimum absolute atomic E-state index is 0.129. The Kier molecular flexibility index (Phi) is 5.03. The highest BCUT2D eigenvalue weighted by molar-refractivity contribution is 5.80. The molecular formula is C16H21NO5. The summed E-state index contributed by atoms with van der Waals surface area (Å²) in [6.45, 7) is 2.63. The van der Waals surface area contributed by atoms with E-state index in [-0.39, 0.29) is 25.4 Å². The summed E-state index contributed by atoms with van der Waals surface area (Å²) in [5, 5.41) is 11.9. The number of rotatable bonds is 6. The molecule has 0 radical (unpaired) electrons. The molecule has 2 N–H and O–H groups in total. The summed E-state index contributed by atoms with van der Waals surface area (Å²) in [6.07, 6.45) is 0.566. The lowest BCUT2D eigenvalue weighted by atomic mass is 9.93. The molecule has 120 valence electrons. The molecule has 1 aliphatic heterocycles. The Morgan fingerprint density at radius 2 is 2.23 bits per heavy atom. The van der Waals surface area contributed by atoms with E-state index in [1.807, 2.05) is 25.1 Å². The van der Waals surface area contributed by atoms with Gasteiger partial charge in [0.1, 0.15) is 5.75 Å². The smallest absolute Gasteiger partial charge is 0.305 e. The molecule has 22 heavy (non-hydrogen) atoms. The molecule has 0 spiro atoms. The minimum Gasteiger partial charge on any atom is -0.496 e. The quantitative estimate of drug-likeness (QED) is 0.827. The molecule has 2 rings (SSSR count). The van der Waals surface area contributed by atoms with Gasteiger partial charge in [0, 0.05) is 6.61 Å². The van der Waals surface area contributed by atoms with Crippen molar-refractivity contribution in [2.75, 3.05) is 20.3 Å². The van der Waals surface area contributed by atoms with Gasteiger partial charge in [-0.1, -0.05) is 12.1 Å². The van der Waals surface area contributed by atoms with Crippen LogP contribution in [0.5, 0.6) is 5.75 Å². The zero-order valence-electron chi connectivity index (χ0n) is 12.8. The highest BCUT2D eigenvalue weighted by Crippen LogP contribution is 2.23. The van der Waals surface area contributed by atoms with Gasteiger partial charge >= 0.3 is 5.97 Å². The molecule has 1 heterocycles. The van der Waals surface area contributed by atoms with E-state index >= 15 is 0 Å². The molecule has 1 amide bonds. The number of benzene rings is 1. The van der Waals surface area contributed by atoms with Crippen molar-refractivity contribution in [1.29, 1.82) is 0 Å². The fourth-order valence-electron chi connectivity index (χ4n) is 2.68. The molecule has 1 atom stereocenters. The Labute approximate surface area is 129 Å². The zero-order chi connectivity index (χ0) is 16.2. The third-order valence-electron chi connectivity index (χ3n) is 3.83. The van der Waals surface area contributed by atoms with Crippen LogP contribution in [0, 0.1) is 6.92 Å². The number of aryl methyl sites for hydroxylation is 1. The van der Waals surface area contributed by atoms with Gasteiger partial charge in [-0.2, -0.15) is 0 Å². The van der Waals surface area contributed by atoms with E-state index in [1.54, 1.807) is 7.11 Å². The highest BCUT2D eigenvalue weighted by atomic mass is 16.5. The molecule has 1 unspecified atom stereocenters. The van der Waals surface area contributed by atoms with E-state index in [0.717, 1.165) is 16.9 Å². The first-order valence-corrected chi connectivity index (χ1v) is 7.18. The number of hydrogen-bond acceptors (Lipinski definition) is 4. The predicted octanol–water partition coefficient (Wildman–Crippen LogP) is 1.30. The fraction of sp³-hybridized carbons (Fsp3) is 0.500. The van der Waals surface area contributed by atoms with Gasteiger partial charge in [-0.3, -0.25) is 9.59 Å². The Morgan fingerprint density at radius 1 is 1.45 bits per heavy atom. The van der Waals surface area contributed by atoms with Crippen LogP contribution in [-0.2, 0) is 20.7 Å². The van der Waals surface area contributed by atoms with Crippen molar-refractivity contribution in [2.45, 2.75) is 31.7 Å². The van der Waals surface area contributed by atoms with Crippen LogP contribution in [0.1, 0.15) is 24.0 Å². The van der Waals surface area contributed by atoms with Gasteiger partial charge in [-0.25, -0.2) is 0 Å². The van der Waals surface area contributed by atoms with Crippen LogP contribution in [0.3, 0.4) is 0 Å². The highest BCUT2D eigenvalue weighted by Gasteiger charge is 2.38. The lowest BCUT2D eigenvalue weighted by Gasteiger charge is -2.27. The molecule has 0 saturated carbocycles. The number of methoxy groups -OCH3 is 1. The summed E-state index contributed by atoms with van der Waals surface area (Å²) in [4.78, 5) is 23.2. The summed E-state index contributed by atoms with van der Waals surface area (Å²) in [6, 6.07) is 5.59. The van der Waals surface area contributed by atoms with Crippen molar-refractivity contribution in [2.24, 2.45) is 0 Å². The van der Waals surface area contributed by atoms with Gasteiger partial charge in [0.05, 0.1) is 32.1 Å². The van der Waals surface area contributed by atoms with Crippen LogP contribution >= 0.6 is 0 Å². The maximum absolute atomic E-state index is 12.2. The Hall–Kier alpha value is -2.08. The average Bonchev–Trinajstić information content (AvgIpc) is 2.87. The van der Waals surface area contributed by atoms with Crippen LogP contribution in [0.4, 0.5) is 0 Å². The van der Waals surface area contributed by atoms with Gasteiger partial charge in [0.2, 0.25) is 5.91 Å². The third-order valence-corrected chi connectivity index (χ3v) is 3.83. The number of amides is 1. The number of aliphatic carboxylic acids is 1. The third kappa shape index (κ3) is 3.98. The van der Waals surface area contributed by atoms with E-state index in [1.165, 1.54) is 0 Å². The SMILES string of the molecule is COc1cc(CC(=O)NC2(CC(=O)O)CCOC2)ccc1C. The zero-order valence-corrected chi connectivity index (χ0v) is 12.8. The average molecular weight is 307 g/mol. The number of ether oxygens (including phenoxy) is 2. The van der Waals surface area contributed by atoms with Crippen molar-refractivity contribution in [1.82, 2.24) is 5.32 Å². The van der Waals surface area contributed by atoms with E-state index in [0.29, 0.717) is 13.0 Å². The number of nitrogens with one attached hydrogen (secondary N) is 1. The van der Waals surface area contributed by atoms with Gasteiger partial charge in [0.25, 0.3) is 0 Å². The predicted molar refractivity (Wildman–Crippen MR) is 80.0 cm³/mol. The first-order valence-electron chi connectivity index (χ1n) is 7.18. The molecule has 6 nitrogen and oxygen atoms in total. The molecule has 1 saturated heterocycles. The Bertz CT molecular complexity index is 564. The number of carboxylic acids is 1. The Balaban J connectivity index is 2.04. The summed E-state index contributed by atoms with van der Waals surface area (Å²) in [5.74, 6) is -0.421. The summed E-state index contributed by atoms with van der Waals surface area (Å²) in [7, 11) is 1.59. The van der Waals surface area contributed by atoms with E-state index in [2.05, 4.69) is 5.32 Å². The summed E-state index contributed by atoms with van der Waals surface area (Å²) >= 11 is 0. The van der Waals surface area contributed by atoms with Crippen molar-refractivity contribution >= 4 is 11.9 Å². The standard InChI is InChI=1S/C16H21NO5/c1-11-3-4-12(7-13(11)21-2)8-14(18)17-16(9-15(19)20)5-6-22-10-16/h3-4,7H,5-6,8-10H2,1-2H3,(H,17,18)(H,19,20). The molecule has 1 aliphatic rings. The summed E-state index contributed by atoms with van der Waals surface area (Å²) in [5.41, 5.74) is 1.03. The van der Waals surface area contributed by atoms with Crippen molar-refractivity contribution in [3.8, 4) is 5.75 Å². The summed E-state index contributed by atoms with van der Waals surface area (Å²) < 4.78 is 10.5.